The molecule has 2 heterocycles. The van der Waals surface area contributed by atoms with Gasteiger partial charge in [-0.15, -0.1) is 0 Å². The van der Waals surface area contributed by atoms with Crippen molar-refractivity contribution in [2.45, 2.75) is 32.2 Å². The zero-order valence-electron chi connectivity index (χ0n) is 23.1. The molecule has 1 saturated heterocycles. The third-order valence-corrected chi connectivity index (χ3v) is 8.29. The zero-order valence-corrected chi connectivity index (χ0v) is 23.9. The summed E-state index contributed by atoms with van der Waals surface area (Å²) < 4.78 is 5.06. The number of hydrogen-bond acceptors (Lipinski definition) is 5. The molecule has 40 heavy (non-hydrogen) atoms. The molecule has 3 aromatic rings. The van der Waals surface area contributed by atoms with Crippen LogP contribution in [0.2, 0.25) is 0 Å². The topological polar surface area (TPSA) is 70.2 Å². The van der Waals surface area contributed by atoms with Crippen LogP contribution in [0.3, 0.4) is 0 Å². The smallest absolute Gasteiger partial charge is 0.409 e. The number of para-hydroxylation sites is 1. The average Bonchev–Trinajstić information content (AvgIpc) is 2.97. The molecule has 2 aliphatic rings. The molecule has 0 unspecified atom stereocenters. The summed E-state index contributed by atoms with van der Waals surface area (Å²) in [7, 11) is 0. The summed E-state index contributed by atoms with van der Waals surface area (Å²) in [4.78, 5) is 45.7. The summed E-state index contributed by atoms with van der Waals surface area (Å²) in [6.45, 7) is 8.58. The van der Waals surface area contributed by atoms with Crippen molar-refractivity contribution in [2.24, 2.45) is 0 Å². The maximum atomic E-state index is 13.7. The number of benzene rings is 3. The van der Waals surface area contributed by atoms with Gasteiger partial charge in [-0.2, -0.15) is 0 Å². The van der Waals surface area contributed by atoms with Crippen molar-refractivity contribution >= 4 is 41.4 Å². The SMILES string of the molecule is CCOC(=O)N1CCN(C(=O)c2ccc(/C=C3\Sc4ccccc4N(Cc4cc(C)ccc4C)C3=O)cc2)CC1. The summed E-state index contributed by atoms with van der Waals surface area (Å²) in [5, 5.41) is 0. The maximum absolute atomic E-state index is 13.7. The summed E-state index contributed by atoms with van der Waals surface area (Å²) in [5.41, 5.74) is 5.79. The van der Waals surface area contributed by atoms with Crippen LogP contribution < -0.4 is 4.90 Å². The molecular weight excluding hydrogens is 522 g/mol. The Balaban J connectivity index is 1.32. The molecule has 7 nitrogen and oxygen atoms in total. The molecule has 0 bridgehead atoms. The number of nitrogens with zero attached hydrogens (tertiary/aromatic N) is 3. The number of carbonyl (C=O) groups is 3. The number of anilines is 1. The second-order valence-corrected chi connectivity index (χ2v) is 11.1. The molecule has 0 N–H and O–H groups in total. The Morgan fingerprint density at radius 3 is 2.35 bits per heavy atom. The summed E-state index contributed by atoms with van der Waals surface area (Å²) >= 11 is 1.47. The third kappa shape index (κ3) is 5.92. The normalized spacial score (nSPS) is 16.2. The second kappa shape index (κ2) is 12.0. The van der Waals surface area contributed by atoms with Crippen LogP contribution in [-0.2, 0) is 16.1 Å². The first-order valence-electron chi connectivity index (χ1n) is 13.5. The van der Waals surface area contributed by atoms with Crippen molar-refractivity contribution < 1.29 is 19.1 Å². The van der Waals surface area contributed by atoms with Gasteiger partial charge < -0.3 is 19.4 Å². The molecule has 0 saturated carbocycles. The number of hydrogen-bond donors (Lipinski definition) is 0. The minimum Gasteiger partial charge on any atom is -0.450 e. The van der Waals surface area contributed by atoms with Crippen molar-refractivity contribution in [1.82, 2.24) is 9.80 Å². The fourth-order valence-electron chi connectivity index (χ4n) is 4.92. The Morgan fingerprint density at radius 1 is 0.925 bits per heavy atom. The minimum absolute atomic E-state index is 0.0378. The van der Waals surface area contributed by atoms with Crippen LogP contribution in [0.1, 0.15) is 39.5 Å². The van der Waals surface area contributed by atoms with Crippen molar-refractivity contribution in [3.63, 3.8) is 0 Å². The number of carbonyl (C=O) groups excluding carboxylic acids is 3. The van der Waals surface area contributed by atoms with Gasteiger partial charge in [0.2, 0.25) is 0 Å². The molecule has 3 amide bonds. The molecule has 0 spiro atoms. The zero-order chi connectivity index (χ0) is 28.2. The van der Waals surface area contributed by atoms with Crippen molar-refractivity contribution in [1.29, 1.82) is 0 Å². The van der Waals surface area contributed by atoms with E-state index >= 15 is 0 Å². The van der Waals surface area contributed by atoms with E-state index in [2.05, 4.69) is 32.0 Å². The van der Waals surface area contributed by atoms with Gasteiger partial charge in [-0.05, 0) is 67.8 Å². The minimum atomic E-state index is -0.336. The molecule has 2 aliphatic heterocycles. The van der Waals surface area contributed by atoms with Crippen molar-refractivity contribution in [3.8, 4) is 0 Å². The average molecular weight is 556 g/mol. The molecule has 206 valence electrons. The fraction of sp³-hybridized carbons (Fsp3) is 0.281. The van der Waals surface area contributed by atoms with Gasteiger partial charge in [0.05, 0.1) is 23.7 Å². The van der Waals surface area contributed by atoms with E-state index in [1.165, 1.54) is 17.3 Å². The molecular formula is C32H33N3O4S. The summed E-state index contributed by atoms with van der Waals surface area (Å²) in [6.07, 6.45) is 1.56. The van der Waals surface area contributed by atoms with E-state index in [-0.39, 0.29) is 17.9 Å². The first-order chi connectivity index (χ1) is 19.3. The molecule has 0 radical (unpaired) electrons. The van der Waals surface area contributed by atoms with Crippen LogP contribution in [0.4, 0.5) is 10.5 Å². The van der Waals surface area contributed by atoms with Crippen molar-refractivity contribution in [3.05, 3.63) is 99.5 Å². The Hall–Kier alpha value is -4.04. The Morgan fingerprint density at radius 2 is 1.62 bits per heavy atom. The predicted molar refractivity (Wildman–Crippen MR) is 158 cm³/mol. The maximum Gasteiger partial charge on any atom is 0.409 e. The Kier molecular flexibility index (Phi) is 8.26. The van der Waals surface area contributed by atoms with E-state index in [1.807, 2.05) is 47.4 Å². The monoisotopic (exact) mass is 555 g/mol. The molecule has 0 aliphatic carbocycles. The van der Waals surface area contributed by atoms with Crippen LogP contribution in [0, 0.1) is 13.8 Å². The first kappa shape index (κ1) is 27.5. The molecule has 8 heteroatoms. The second-order valence-electron chi connectivity index (χ2n) is 10.00. The third-order valence-electron chi connectivity index (χ3n) is 7.21. The number of fused-ring (bicyclic) bond motifs is 1. The predicted octanol–water partition coefficient (Wildman–Crippen LogP) is 5.90. The lowest BCUT2D eigenvalue weighted by Crippen LogP contribution is -2.50. The number of ether oxygens (including phenoxy) is 1. The van der Waals surface area contributed by atoms with E-state index in [4.69, 9.17) is 4.74 Å². The highest BCUT2D eigenvalue weighted by Gasteiger charge is 2.30. The van der Waals surface area contributed by atoms with Crippen LogP contribution in [-0.4, -0.2) is 60.5 Å². The summed E-state index contributed by atoms with van der Waals surface area (Å²) in [6, 6.07) is 21.7. The lowest BCUT2D eigenvalue weighted by atomic mass is 10.0. The van der Waals surface area contributed by atoms with E-state index in [0.29, 0.717) is 49.8 Å². The number of amides is 3. The van der Waals surface area contributed by atoms with Gasteiger partial charge in [0.25, 0.3) is 11.8 Å². The number of thioether (sulfide) groups is 1. The van der Waals surface area contributed by atoms with E-state index < -0.39 is 0 Å². The van der Waals surface area contributed by atoms with Gasteiger partial charge in [0, 0.05) is 36.6 Å². The van der Waals surface area contributed by atoms with Crippen molar-refractivity contribution in [2.75, 3.05) is 37.7 Å². The Bertz CT molecular complexity index is 1460. The lowest BCUT2D eigenvalue weighted by molar-refractivity contribution is -0.114. The van der Waals surface area contributed by atoms with Gasteiger partial charge in [-0.1, -0.05) is 59.8 Å². The molecule has 0 atom stereocenters. The molecule has 0 aromatic heterocycles. The van der Waals surface area contributed by atoms with Gasteiger partial charge in [-0.3, -0.25) is 9.59 Å². The van der Waals surface area contributed by atoms with E-state index in [9.17, 15) is 14.4 Å². The fourth-order valence-corrected chi connectivity index (χ4v) is 5.98. The summed E-state index contributed by atoms with van der Waals surface area (Å²) in [5.74, 6) is -0.108. The highest BCUT2D eigenvalue weighted by molar-refractivity contribution is 8.04. The highest BCUT2D eigenvalue weighted by Crippen LogP contribution is 2.42. The van der Waals surface area contributed by atoms with Crippen LogP contribution >= 0.6 is 11.8 Å². The quantitative estimate of drug-likeness (QED) is 0.367. The number of rotatable bonds is 5. The van der Waals surface area contributed by atoms with Gasteiger partial charge in [-0.25, -0.2) is 4.79 Å². The Labute approximate surface area is 239 Å². The van der Waals surface area contributed by atoms with Crippen LogP contribution in [0.5, 0.6) is 0 Å². The molecule has 3 aromatic carbocycles. The van der Waals surface area contributed by atoms with Gasteiger partial charge in [0.1, 0.15) is 0 Å². The molecule has 1 fully saturated rings. The van der Waals surface area contributed by atoms with Crippen LogP contribution in [0.25, 0.3) is 6.08 Å². The highest BCUT2D eigenvalue weighted by atomic mass is 32.2. The van der Waals surface area contributed by atoms with Gasteiger partial charge >= 0.3 is 6.09 Å². The van der Waals surface area contributed by atoms with E-state index in [0.717, 1.165) is 27.3 Å². The van der Waals surface area contributed by atoms with E-state index in [1.54, 1.807) is 28.9 Å². The first-order valence-corrected chi connectivity index (χ1v) is 14.3. The number of piperazine rings is 1. The largest absolute Gasteiger partial charge is 0.450 e. The molecule has 5 rings (SSSR count). The van der Waals surface area contributed by atoms with Crippen LogP contribution in [0.15, 0.2) is 76.5 Å². The number of aryl methyl sites for hydroxylation is 2. The lowest BCUT2D eigenvalue weighted by Gasteiger charge is -2.34. The standard InChI is InChI=1S/C32H33N3O4S/c1-4-39-32(38)34-17-15-33(16-18-34)30(36)25-13-11-24(12-14-25)20-29-31(37)35(27-7-5-6-8-28(27)40-29)21-26-19-22(2)9-10-23(26)3/h5-14,19-20H,4,15-18,21H2,1-3H3/b29-20-. The van der Waals surface area contributed by atoms with Gasteiger partial charge in [0.15, 0.2) is 0 Å².